The number of pyridine rings is 1. The zero-order chi connectivity index (χ0) is 23.2. The Morgan fingerprint density at radius 1 is 1.24 bits per heavy atom. The van der Waals surface area contributed by atoms with Crippen LogP contribution in [0.2, 0.25) is 5.15 Å². The molecule has 10 heteroatoms. The summed E-state index contributed by atoms with van der Waals surface area (Å²) >= 11 is 7.52. The summed E-state index contributed by atoms with van der Waals surface area (Å²) in [5.74, 6) is 1.31. The van der Waals surface area contributed by atoms with Crippen LogP contribution in [-0.4, -0.2) is 63.1 Å². The largest absolute Gasteiger partial charge is 0.353 e. The molecule has 1 aliphatic carbocycles. The number of hydrogen-bond donors (Lipinski definition) is 1. The maximum absolute atomic E-state index is 12.9. The molecule has 1 saturated heterocycles. The van der Waals surface area contributed by atoms with Crippen LogP contribution in [0.4, 0.5) is 5.82 Å². The van der Waals surface area contributed by atoms with E-state index in [4.69, 9.17) is 11.6 Å². The van der Waals surface area contributed by atoms with Gasteiger partial charge in [-0.25, -0.2) is 9.97 Å². The van der Waals surface area contributed by atoms with Crippen molar-refractivity contribution in [2.45, 2.75) is 50.4 Å². The Labute approximate surface area is 203 Å². The van der Waals surface area contributed by atoms with E-state index in [9.17, 15) is 9.59 Å². The van der Waals surface area contributed by atoms with Gasteiger partial charge in [0.1, 0.15) is 11.0 Å². The standard InChI is InChI=1S/C23H29ClN6O2S/c1-16-14-29(9-10-30(16)22(32)18-6-2-3-7-18)20-11-19(24)27-23(28-20)33-15-21(31)26-13-17-5-4-8-25-12-17/h4-5,8,11-12,16,18H,2-3,6-7,9-10,13-15H2,1H3,(H,26,31). The molecule has 3 heterocycles. The molecule has 1 N–H and O–H groups in total. The first-order chi connectivity index (χ1) is 16.0. The Morgan fingerprint density at radius 3 is 2.79 bits per heavy atom. The number of rotatable bonds is 7. The molecule has 2 fully saturated rings. The molecule has 2 amide bonds. The molecular weight excluding hydrogens is 460 g/mol. The van der Waals surface area contributed by atoms with Crippen LogP contribution in [0.15, 0.2) is 35.7 Å². The number of thioether (sulfide) groups is 1. The van der Waals surface area contributed by atoms with Crippen LogP contribution >= 0.6 is 23.4 Å². The van der Waals surface area contributed by atoms with Gasteiger partial charge in [0, 0.05) is 56.6 Å². The van der Waals surface area contributed by atoms with Crippen LogP contribution in [0, 0.1) is 5.92 Å². The highest BCUT2D eigenvalue weighted by Gasteiger charge is 2.33. The molecule has 1 saturated carbocycles. The molecule has 33 heavy (non-hydrogen) atoms. The fourth-order valence-electron chi connectivity index (χ4n) is 4.40. The number of carbonyl (C=O) groups is 2. The Bertz CT molecular complexity index is 973. The maximum Gasteiger partial charge on any atom is 0.230 e. The summed E-state index contributed by atoms with van der Waals surface area (Å²) in [6.45, 7) is 4.59. The minimum absolute atomic E-state index is 0.106. The minimum atomic E-state index is -0.110. The van der Waals surface area contributed by atoms with Gasteiger partial charge in [-0.3, -0.25) is 14.6 Å². The lowest BCUT2D eigenvalue weighted by Gasteiger charge is -2.41. The average molecular weight is 489 g/mol. The zero-order valence-electron chi connectivity index (χ0n) is 18.7. The molecule has 2 aromatic heterocycles. The SMILES string of the molecule is CC1CN(c2cc(Cl)nc(SCC(=O)NCc3cccnc3)n2)CCN1C(=O)C1CCCC1. The molecule has 8 nitrogen and oxygen atoms in total. The molecule has 2 aromatic rings. The van der Waals surface area contributed by atoms with E-state index in [1.807, 2.05) is 17.0 Å². The number of halogens is 1. The molecule has 0 bridgehead atoms. The monoisotopic (exact) mass is 488 g/mol. The summed E-state index contributed by atoms with van der Waals surface area (Å²) in [5, 5.41) is 3.68. The second-order valence-electron chi connectivity index (χ2n) is 8.57. The van der Waals surface area contributed by atoms with Gasteiger partial charge >= 0.3 is 0 Å². The van der Waals surface area contributed by atoms with Crippen molar-refractivity contribution in [1.82, 2.24) is 25.2 Å². The first-order valence-electron chi connectivity index (χ1n) is 11.4. The van der Waals surface area contributed by atoms with Crippen LogP contribution in [0.1, 0.15) is 38.2 Å². The van der Waals surface area contributed by atoms with Crippen molar-refractivity contribution in [2.75, 3.05) is 30.3 Å². The third kappa shape index (κ3) is 6.35. The van der Waals surface area contributed by atoms with Crippen LogP contribution in [0.25, 0.3) is 0 Å². The van der Waals surface area contributed by atoms with Crippen molar-refractivity contribution in [3.8, 4) is 0 Å². The van der Waals surface area contributed by atoms with E-state index in [1.54, 1.807) is 18.5 Å². The fraction of sp³-hybridized carbons (Fsp3) is 0.522. The number of carbonyl (C=O) groups excluding carboxylic acids is 2. The number of nitrogens with one attached hydrogen (secondary N) is 1. The number of piperazine rings is 1. The van der Waals surface area contributed by atoms with Gasteiger partial charge in [-0.2, -0.15) is 0 Å². The van der Waals surface area contributed by atoms with Crippen molar-refractivity contribution in [2.24, 2.45) is 5.92 Å². The quantitative estimate of drug-likeness (QED) is 0.363. The van der Waals surface area contributed by atoms with E-state index in [1.165, 1.54) is 11.8 Å². The van der Waals surface area contributed by atoms with Crippen molar-refractivity contribution < 1.29 is 9.59 Å². The van der Waals surface area contributed by atoms with E-state index >= 15 is 0 Å². The van der Waals surface area contributed by atoms with Gasteiger partial charge in [-0.1, -0.05) is 42.3 Å². The van der Waals surface area contributed by atoms with Gasteiger partial charge in [0.25, 0.3) is 0 Å². The number of hydrogen-bond acceptors (Lipinski definition) is 7. The number of anilines is 1. The maximum atomic E-state index is 12.9. The molecule has 1 aliphatic heterocycles. The summed E-state index contributed by atoms with van der Waals surface area (Å²) in [7, 11) is 0. The molecule has 4 rings (SSSR count). The van der Waals surface area contributed by atoms with Gasteiger partial charge in [0.2, 0.25) is 11.8 Å². The Hall–Kier alpha value is -2.39. The van der Waals surface area contributed by atoms with E-state index in [0.717, 1.165) is 37.1 Å². The predicted molar refractivity (Wildman–Crippen MR) is 129 cm³/mol. The van der Waals surface area contributed by atoms with Gasteiger partial charge in [-0.15, -0.1) is 0 Å². The first-order valence-corrected chi connectivity index (χ1v) is 12.7. The minimum Gasteiger partial charge on any atom is -0.353 e. The van der Waals surface area contributed by atoms with E-state index < -0.39 is 0 Å². The second kappa shape index (κ2) is 11.2. The van der Waals surface area contributed by atoms with Gasteiger partial charge in [-0.05, 0) is 31.4 Å². The third-order valence-corrected chi connectivity index (χ3v) is 7.19. The van der Waals surface area contributed by atoms with E-state index in [0.29, 0.717) is 42.4 Å². The summed E-state index contributed by atoms with van der Waals surface area (Å²) in [6.07, 6.45) is 7.77. The highest BCUT2D eigenvalue weighted by atomic mass is 35.5. The molecule has 176 valence electrons. The molecule has 0 spiro atoms. The second-order valence-corrected chi connectivity index (χ2v) is 9.90. The van der Waals surface area contributed by atoms with Crippen molar-refractivity contribution in [3.63, 3.8) is 0 Å². The summed E-state index contributed by atoms with van der Waals surface area (Å²) in [4.78, 5) is 42.2. The van der Waals surface area contributed by atoms with Gasteiger partial charge in [0.15, 0.2) is 5.16 Å². The molecule has 0 aromatic carbocycles. The highest BCUT2D eigenvalue weighted by molar-refractivity contribution is 7.99. The molecule has 2 aliphatic rings. The Balaban J connectivity index is 1.31. The predicted octanol–water partition coefficient (Wildman–Crippen LogP) is 3.16. The zero-order valence-corrected chi connectivity index (χ0v) is 20.3. The summed E-state index contributed by atoms with van der Waals surface area (Å²) in [6, 6.07) is 5.60. The van der Waals surface area contributed by atoms with Crippen molar-refractivity contribution in [3.05, 3.63) is 41.3 Å². The van der Waals surface area contributed by atoms with Crippen molar-refractivity contribution in [1.29, 1.82) is 0 Å². The molecular formula is C23H29ClN6O2S. The fourth-order valence-corrected chi connectivity index (χ4v) is 5.31. The number of amides is 2. The Morgan fingerprint density at radius 2 is 2.06 bits per heavy atom. The lowest BCUT2D eigenvalue weighted by Crippen LogP contribution is -2.55. The van der Waals surface area contributed by atoms with Crippen molar-refractivity contribution >= 4 is 41.0 Å². The summed E-state index contributed by atoms with van der Waals surface area (Å²) in [5.41, 5.74) is 0.941. The lowest BCUT2D eigenvalue weighted by molar-refractivity contribution is -0.137. The van der Waals surface area contributed by atoms with E-state index in [2.05, 4.69) is 32.1 Å². The van der Waals surface area contributed by atoms with Crippen LogP contribution < -0.4 is 10.2 Å². The average Bonchev–Trinajstić information content (AvgIpc) is 3.36. The first kappa shape index (κ1) is 23.8. The third-order valence-electron chi connectivity index (χ3n) is 6.14. The lowest BCUT2D eigenvalue weighted by atomic mass is 10.0. The van der Waals surface area contributed by atoms with Gasteiger partial charge in [0.05, 0.1) is 5.75 Å². The Kier molecular flexibility index (Phi) is 8.03. The van der Waals surface area contributed by atoms with Gasteiger partial charge < -0.3 is 15.1 Å². The number of aromatic nitrogens is 3. The van der Waals surface area contributed by atoms with Crippen LogP contribution in [0.5, 0.6) is 0 Å². The normalized spacial score (nSPS) is 19.0. The molecule has 1 unspecified atom stereocenters. The highest BCUT2D eigenvalue weighted by Crippen LogP contribution is 2.29. The summed E-state index contributed by atoms with van der Waals surface area (Å²) < 4.78 is 0. The molecule has 0 radical (unpaired) electrons. The van der Waals surface area contributed by atoms with Crippen LogP contribution in [0.3, 0.4) is 0 Å². The molecule has 1 atom stereocenters. The number of nitrogens with zero attached hydrogens (tertiary/aromatic N) is 5. The smallest absolute Gasteiger partial charge is 0.230 e. The topological polar surface area (TPSA) is 91.3 Å². The van der Waals surface area contributed by atoms with E-state index in [-0.39, 0.29) is 23.6 Å². The van der Waals surface area contributed by atoms with Crippen LogP contribution in [-0.2, 0) is 16.1 Å².